The summed E-state index contributed by atoms with van der Waals surface area (Å²) in [6.45, 7) is 4.79. The number of pyridine rings is 1. The van der Waals surface area contributed by atoms with Gasteiger partial charge in [-0.15, -0.1) is 0 Å². The monoisotopic (exact) mass is 337 g/mol. The highest BCUT2D eigenvalue weighted by Crippen LogP contribution is 2.22. The number of primary amides is 1. The van der Waals surface area contributed by atoms with Crippen LogP contribution in [0.3, 0.4) is 0 Å². The predicted molar refractivity (Wildman–Crippen MR) is 95.7 cm³/mol. The zero-order chi connectivity index (χ0) is 17.8. The lowest BCUT2D eigenvalue weighted by atomic mass is 10.2. The van der Waals surface area contributed by atoms with Crippen LogP contribution in [0.1, 0.15) is 19.4 Å². The maximum Gasteiger partial charge on any atom is 0.241 e. The lowest BCUT2D eigenvalue weighted by Gasteiger charge is -2.08. The van der Waals surface area contributed by atoms with E-state index in [9.17, 15) is 4.79 Å². The van der Waals surface area contributed by atoms with Gasteiger partial charge in [-0.3, -0.25) is 4.79 Å². The molecule has 128 valence electrons. The second kappa shape index (κ2) is 7.12. The summed E-state index contributed by atoms with van der Waals surface area (Å²) in [6.07, 6.45) is 8.01. The van der Waals surface area contributed by atoms with Crippen molar-refractivity contribution in [3.63, 3.8) is 0 Å². The second-order valence-electron chi connectivity index (χ2n) is 6.02. The molecule has 0 unspecified atom stereocenters. The van der Waals surface area contributed by atoms with Gasteiger partial charge in [0.05, 0.1) is 18.5 Å². The molecular weight excluding hydrogens is 318 g/mol. The van der Waals surface area contributed by atoms with Gasteiger partial charge in [0, 0.05) is 35.7 Å². The van der Waals surface area contributed by atoms with Crippen LogP contribution in [0.2, 0.25) is 0 Å². The molecule has 0 atom stereocenters. The van der Waals surface area contributed by atoms with Crippen LogP contribution in [0.4, 0.5) is 0 Å². The molecule has 7 heteroatoms. The summed E-state index contributed by atoms with van der Waals surface area (Å²) >= 11 is 0. The quantitative estimate of drug-likeness (QED) is 0.672. The van der Waals surface area contributed by atoms with E-state index in [1.807, 2.05) is 12.1 Å². The fourth-order valence-corrected chi connectivity index (χ4v) is 2.22. The number of carbonyl (C=O) groups excluding carboxylic acids is 1. The fourth-order valence-electron chi connectivity index (χ4n) is 2.22. The van der Waals surface area contributed by atoms with E-state index in [2.05, 4.69) is 33.8 Å². The van der Waals surface area contributed by atoms with E-state index in [1.54, 1.807) is 24.7 Å². The van der Waals surface area contributed by atoms with E-state index in [-0.39, 0.29) is 0 Å². The number of aromatic nitrogens is 4. The number of nitrogens with two attached hydrogens (primary N) is 1. The molecule has 3 N–H and O–H groups in total. The maximum absolute atomic E-state index is 10.9. The van der Waals surface area contributed by atoms with Gasteiger partial charge in [0.1, 0.15) is 5.52 Å². The number of H-pyrrole nitrogens is 1. The number of ether oxygens (including phenoxy) is 1. The normalized spacial score (nSPS) is 11.5. The largest absolute Gasteiger partial charge is 0.477 e. The minimum atomic E-state index is -0.514. The average Bonchev–Trinajstić information content (AvgIpc) is 3.01. The number of fused-ring (bicyclic) bond motifs is 1. The Morgan fingerprint density at radius 1 is 1.32 bits per heavy atom. The van der Waals surface area contributed by atoms with Crippen LogP contribution in [0.25, 0.3) is 28.5 Å². The highest BCUT2D eigenvalue weighted by atomic mass is 16.5. The molecule has 3 aromatic rings. The molecule has 0 fully saturated rings. The average molecular weight is 337 g/mol. The molecule has 7 nitrogen and oxygen atoms in total. The molecule has 0 aromatic carbocycles. The molecule has 3 aromatic heterocycles. The zero-order valence-electron chi connectivity index (χ0n) is 14.1. The Kier molecular flexibility index (Phi) is 4.74. The molecule has 25 heavy (non-hydrogen) atoms. The third-order valence-electron chi connectivity index (χ3n) is 3.43. The summed E-state index contributed by atoms with van der Waals surface area (Å²) in [7, 11) is 0. The van der Waals surface area contributed by atoms with Gasteiger partial charge in [-0.05, 0) is 18.1 Å². The lowest BCUT2D eigenvalue weighted by Crippen LogP contribution is -2.05. The van der Waals surface area contributed by atoms with Crippen LogP contribution < -0.4 is 10.5 Å². The molecule has 1 amide bonds. The summed E-state index contributed by atoms with van der Waals surface area (Å²) in [6, 6.07) is 3.71. The van der Waals surface area contributed by atoms with Crippen molar-refractivity contribution in [3.8, 4) is 17.1 Å². The molecular formula is C18H19N5O2. The molecule has 3 heterocycles. The van der Waals surface area contributed by atoms with E-state index < -0.39 is 5.91 Å². The molecule has 0 aliphatic heterocycles. The topological polar surface area (TPSA) is 107 Å². The highest BCUT2D eigenvalue weighted by molar-refractivity contribution is 5.93. The minimum Gasteiger partial charge on any atom is -0.477 e. The highest BCUT2D eigenvalue weighted by Gasteiger charge is 2.08. The SMILES string of the molecule is CC(C)COc1ccc(-c2cnc3[nH]cc(/C=C/C(N)=O)c3n2)cn1. The number of nitrogens with zero attached hydrogens (tertiary/aromatic N) is 3. The summed E-state index contributed by atoms with van der Waals surface area (Å²) in [4.78, 5) is 27.2. The predicted octanol–water partition coefficient (Wildman–Crippen LogP) is 2.55. The summed E-state index contributed by atoms with van der Waals surface area (Å²) in [5, 5.41) is 0. The molecule has 0 saturated carbocycles. The summed E-state index contributed by atoms with van der Waals surface area (Å²) in [5.41, 5.74) is 8.70. The van der Waals surface area contributed by atoms with Gasteiger partial charge in [0.2, 0.25) is 11.8 Å². The molecule has 3 rings (SSSR count). The Morgan fingerprint density at radius 3 is 2.84 bits per heavy atom. The van der Waals surface area contributed by atoms with Crippen LogP contribution in [-0.2, 0) is 4.79 Å². The van der Waals surface area contributed by atoms with E-state index in [0.717, 1.165) is 11.1 Å². The van der Waals surface area contributed by atoms with Crippen LogP contribution in [-0.4, -0.2) is 32.4 Å². The number of rotatable bonds is 6. The first-order valence-corrected chi connectivity index (χ1v) is 7.94. The van der Waals surface area contributed by atoms with Crippen molar-refractivity contribution in [3.05, 3.63) is 42.4 Å². The van der Waals surface area contributed by atoms with Crippen LogP contribution in [0.15, 0.2) is 36.8 Å². The standard InChI is InChI=1S/C18H19N5O2/c1-11(2)10-25-16-6-4-12(7-20-16)14-9-22-18-17(23-14)13(8-21-18)3-5-15(19)24/h3-9,11H,10H2,1-2H3,(H2,19,24)(H,21,22)/b5-3+. The van der Waals surface area contributed by atoms with Crippen molar-refractivity contribution >= 4 is 23.1 Å². The lowest BCUT2D eigenvalue weighted by molar-refractivity contribution is -0.113. The molecule has 0 aliphatic carbocycles. The number of carbonyl (C=O) groups is 1. The first kappa shape index (κ1) is 16.6. The first-order valence-electron chi connectivity index (χ1n) is 7.94. The minimum absolute atomic E-state index is 0.440. The Morgan fingerprint density at radius 2 is 2.16 bits per heavy atom. The number of aromatic amines is 1. The van der Waals surface area contributed by atoms with Crippen molar-refractivity contribution in [2.75, 3.05) is 6.61 Å². The van der Waals surface area contributed by atoms with Crippen molar-refractivity contribution < 1.29 is 9.53 Å². The van der Waals surface area contributed by atoms with E-state index in [4.69, 9.17) is 10.5 Å². The van der Waals surface area contributed by atoms with E-state index in [1.165, 1.54) is 6.08 Å². The van der Waals surface area contributed by atoms with Gasteiger partial charge in [0.15, 0.2) is 5.65 Å². The first-order chi connectivity index (χ1) is 12.0. The van der Waals surface area contributed by atoms with Crippen LogP contribution in [0.5, 0.6) is 5.88 Å². The van der Waals surface area contributed by atoms with Crippen LogP contribution >= 0.6 is 0 Å². The van der Waals surface area contributed by atoms with Gasteiger partial charge in [0.25, 0.3) is 0 Å². The molecule has 0 radical (unpaired) electrons. The number of amides is 1. The maximum atomic E-state index is 10.9. The van der Waals surface area contributed by atoms with E-state index >= 15 is 0 Å². The van der Waals surface area contributed by atoms with Gasteiger partial charge in [-0.25, -0.2) is 15.0 Å². The van der Waals surface area contributed by atoms with Gasteiger partial charge in [-0.2, -0.15) is 0 Å². The Balaban J connectivity index is 1.88. The van der Waals surface area contributed by atoms with Crippen molar-refractivity contribution in [2.24, 2.45) is 11.7 Å². The van der Waals surface area contributed by atoms with Gasteiger partial charge in [-0.1, -0.05) is 13.8 Å². The van der Waals surface area contributed by atoms with Gasteiger partial charge >= 0.3 is 0 Å². The summed E-state index contributed by atoms with van der Waals surface area (Å²) in [5.74, 6) is 0.507. The van der Waals surface area contributed by atoms with Crippen molar-refractivity contribution in [1.82, 2.24) is 19.9 Å². The Bertz CT molecular complexity index is 913. The molecule has 0 aliphatic rings. The second-order valence-corrected chi connectivity index (χ2v) is 6.02. The van der Waals surface area contributed by atoms with Crippen molar-refractivity contribution in [1.29, 1.82) is 0 Å². The zero-order valence-corrected chi connectivity index (χ0v) is 14.1. The van der Waals surface area contributed by atoms with Gasteiger partial charge < -0.3 is 15.5 Å². The third kappa shape index (κ3) is 4.00. The number of nitrogens with one attached hydrogen (secondary N) is 1. The third-order valence-corrected chi connectivity index (χ3v) is 3.43. The van der Waals surface area contributed by atoms with E-state index in [0.29, 0.717) is 35.3 Å². The number of hydrogen-bond acceptors (Lipinski definition) is 5. The molecule has 0 spiro atoms. The molecule has 0 saturated heterocycles. The van der Waals surface area contributed by atoms with Crippen LogP contribution in [0, 0.1) is 5.92 Å². The number of hydrogen-bond donors (Lipinski definition) is 2. The Labute approximate surface area is 145 Å². The smallest absolute Gasteiger partial charge is 0.241 e. The summed E-state index contributed by atoms with van der Waals surface area (Å²) < 4.78 is 5.58. The van der Waals surface area contributed by atoms with Crippen molar-refractivity contribution in [2.45, 2.75) is 13.8 Å². The fraction of sp³-hybridized carbons (Fsp3) is 0.222. The molecule has 0 bridgehead atoms. The Hall–Kier alpha value is -3.22.